The lowest BCUT2D eigenvalue weighted by molar-refractivity contribution is -0.142. The third-order valence-corrected chi connectivity index (χ3v) is 2.87. The van der Waals surface area contributed by atoms with Gasteiger partial charge in [-0.1, -0.05) is 11.3 Å². The summed E-state index contributed by atoms with van der Waals surface area (Å²) in [4.78, 5) is 11.9. The van der Waals surface area contributed by atoms with Crippen LogP contribution in [-0.4, -0.2) is 39.5 Å². The van der Waals surface area contributed by atoms with Crippen LogP contribution >= 0.6 is 11.3 Å². The van der Waals surface area contributed by atoms with Crippen LogP contribution < -0.4 is 0 Å². The van der Waals surface area contributed by atoms with E-state index in [0.717, 1.165) is 0 Å². The van der Waals surface area contributed by atoms with Crippen LogP contribution in [0.1, 0.15) is 17.8 Å². The minimum atomic E-state index is -0.286. The first-order valence-corrected chi connectivity index (χ1v) is 5.90. The summed E-state index contributed by atoms with van der Waals surface area (Å²) in [6, 6.07) is 0. The van der Waals surface area contributed by atoms with E-state index in [1.165, 1.54) is 11.3 Å². The van der Waals surface area contributed by atoms with Gasteiger partial charge in [0.15, 0.2) is 5.82 Å². The van der Waals surface area contributed by atoms with E-state index < -0.39 is 0 Å². The minimum absolute atomic E-state index is 0.161. The van der Waals surface area contributed by atoms with Crippen molar-refractivity contribution in [2.75, 3.05) is 13.7 Å². The van der Waals surface area contributed by atoms with Crippen molar-refractivity contribution in [3.05, 3.63) is 10.8 Å². The highest BCUT2D eigenvalue weighted by Crippen LogP contribution is 2.15. The number of carbonyl (C=O) groups excluding carboxylic acids is 1. The number of ether oxygens (including phenoxy) is 2. The van der Waals surface area contributed by atoms with Crippen molar-refractivity contribution in [2.24, 2.45) is 0 Å². The largest absolute Gasteiger partial charge is 0.466 e. The lowest BCUT2D eigenvalue weighted by Gasteiger charge is -1.97. The molecule has 0 saturated heterocycles. The quantitative estimate of drug-likeness (QED) is 0.722. The number of aromatic nitrogens is 4. The summed E-state index contributed by atoms with van der Waals surface area (Å²) < 4.78 is 11.4. The maximum absolute atomic E-state index is 11.3. The second-order valence-corrected chi connectivity index (χ2v) is 4.26. The highest BCUT2D eigenvalue weighted by Gasteiger charge is 2.14. The molecule has 0 aliphatic heterocycles. The number of fused-ring (bicyclic) bond motifs is 1. The first-order valence-electron chi connectivity index (χ1n) is 5.09. The maximum Gasteiger partial charge on any atom is 0.312 e. The van der Waals surface area contributed by atoms with E-state index in [2.05, 4.69) is 15.3 Å². The topological polar surface area (TPSA) is 78.6 Å². The van der Waals surface area contributed by atoms with E-state index in [1.54, 1.807) is 18.5 Å². The molecule has 0 atom stereocenters. The van der Waals surface area contributed by atoms with Gasteiger partial charge in [0, 0.05) is 7.11 Å². The fourth-order valence-corrected chi connectivity index (χ4v) is 2.16. The number of rotatable bonds is 5. The summed E-state index contributed by atoms with van der Waals surface area (Å²) >= 11 is 1.32. The Kier molecular flexibility index (Phi) is 3.64. The van der Waals surface area contributed by atoms with E-state index in [0.29, 0.717) is 29.0 Å². The summed E-state index contributed by atoms with van der Waals surface area (Å²) in [6.45, 7) is 2.48. The molecule has 2 aromatic rings. The molecule has 2 aromatic heterocycles. The zero-order valence-corrected chi connectivity index (χ0v) is 10.4. The van der Waals surface area contributed by atoms with Crippen LogP contribution in [0.15, 0.2) is 0 Å². The van der Waals surface area contributed by atoms with Crippen LogP contribution in [0.25, 0.3) is 4.96 Å². The van der Waals surface area contributed by atoms with E-state index >= 15 is 0 Å². The highest BCUT2D eigenvalue weighted by molar-refractivity contribution is 7.16. The fraction of sp³-hybridized carbons (Fsp3) is 0.556. The van der Waals surface area contributed by atoms with Crippen molar-refractivity contribution >= 4 is 22.3 Å². The molecule has 0 N–H and O–H groups in total. The molecule has 8 heteroatoms. The molecule has 0 unspecified atom stereocenters. The van der Waals surface area contributed by atoms with Crippen LogP contribution in [0.4, 0.5) is 0 Å². The Morgan fingerprint density at radius 3 is 3.00 bits per heavy atom. The van der Waals surface area contributed by atoms with E-state index in [9.17, 15) is 4.79 Å². The van der Waals surface area contributed by atoms with E-state index in [1.807, 2.05) is 0 Å². The van der Waals surface area contributed by atoms with E-state index in [-0.39, 0.29) is 12.4 Å². The van der Waals surface area contributed by atoms with Crippen LogP contribution in [0.3, 0.4) is 0 Å². The summed E-state index contributed by atoms with van der Waals surface area (Å²) in [6.07, 6.45) is 0.161. The SMILES string of the molecule is CCOC(=O)Cc1nn2c(COC)nnc2s1. The third-order valence-electron chi connectivity index (χ3n) is 1.97. The van der Waals surface area contributed by atoms with Gasteiger partial charge in [0.05, 0.1) is 13.0 Å². The molecule has 2 heterocycles. The molecule has 0 aliphatic rings. The normalized spacial score (nSPS) is 10.9. The van der Waals surface area contributed by atoms with Crippen molar-refractivity contribution in [3.63, 3.8) is 0 Å². The van der Waals surface area contributed by atoms with Gasteiger partial charge >= 0.3 is 5.97 Å². The average molecular weight is 256 g/mol. The summed E-state index contributed by atoms with van der Waals surface area (Å²) in [5.74, 6) is 0.333. The number of hydrogen-bond donors (Lipinski definition) is 0. The first-order chi connectivity index (χ1) is 8.24. The van der Waals surface area contributed by atoms with Gasteiger partial charge in [0.25, 0.3) is 0 Å². The van der Waals surface area contributed by atoms with Crippen molar-refractivity contribution < 1.29 is 14.3 Å². The Hall–Kier alpha value is -1.54. The third kappa shape index (κ3) is 2.59. The molecular formula is C9H12N4O3S. The summed E-state index contributed by atoms with van der Waals surface area (Å²) in [5.41, 5.74) is 0. The molecule has 0 aliphatic carbocycles. The second kappa shape index (κ2) is 5.19. The van der Waals surface area contributed by atoms with Crippen molar-refractivity contribution in [1.29, 1.82) is 0 Å². The number of hydrogen-bond acceptors (Lipinski definition) is 7. The molecule has 2 rings (SSSR count). The molecule has 7 nitrogen and oxygen atoms in total. The molecule has 92 valence electrons. The van der Waals surface area contributed by atoms with Crippen LogP contribution in [-0.2, 0) is 27.3 Å². The standard InChI is InChI=1S/C9H12N4O3S/c1-3-16-8(14)4-7-12-13-6(5-15-2)10-11-9(13)17-7/h3-5H2,1-2H3. The Bertz CT molecular complexity index is 521. The number of esters is 1. The van der Waals surface area contributed by atoms with Gasteiger partial charge in [-0.25, -0.2) is 0 Å². The highest BCUT2D eigenvalue weighted by atomic mass is 32.1. The van der Waals surface area contributed by atoms with Crippen molar-refractivity contribution in [1.82, 2.24) is 19.8 Å². The Morgan fingerprint density at radius 1 is 1.47 bits per heavy atom. The van der Waals surface area contributed by atoms with Gasteiger partial charge < -0.3 is 9.47 Å². The van der Waals surface area contributed by atoms with Gasteiger partial charge in [-0.05, 0) is 6.92 Å². The number of carbonyl (C=O) groups is 1. The van der Waals surface area contributed by atoms with Gasteiger partial charge in [-0.15, -0.1) is 10.2 Å². The lowest BCUT2D eigenvalue weighted by atomic mass is 10.5. The molecule has 0 saturated carbocycles. The average Bonchev–Trinajstić information content (AvgIpc) is 2.81. The van der Waals surface area contributed by atoms with Crippen molar-refractivity contribution in [2.45, 2.75) is 20.0 Å². The Labute approximate surface area is 101 Å². The van der Waals surface area contributed by atoms with Gasteiger partial charge in [0.2, 0.25) is 4.96 Å². The van der Waals surface area contributed by atoms with Gasteiger partial charge in [-0.3, -0.25) is 4.79 Å². The molecule has 0 aromatic carbocycles. The Balaban J connectivity index is 2.17. The zero-order valence-electron chi connectivity index (χ0n) is 9.54. The van der Waals surface area contributed by atoms with Crippen LogP contribution in [0.5, 0.6) is 0 Å². The molecule has 0 spiro atoms. The number of nitrogens with zero attached hydrogens (tertiary/aromatic N) is 4. The van der Waals surface area contributed by atoms with Gasteiger partial charge in [-0.2, -0.15) is 9.61 Å². The molecule has 0 fully saturated rings. The molecule has 0 radical (unpaired) electrons. The number of methoxy groups -OCH3 is 1. The predicted octanol–water partition coefficient (Wildman–Crippen LogP) is 0.438. The predicted molar refractivity (Wildman–Crippen MR) is 59.7 cm³/mol. The minimum Gasteiger partial charge on any atom is -0.466 e. The Morgan fingerprint density at radius 2 is 2.29 bits per heavy atom. The molecule has 0 bridgehead atoms. The maximum atomic E-state index is 11.3. The fourth-order valence-electron chi connectivity index (χ4n) is 1.32. The molecule has 0 amide bonds. The van der Waals surface area contributed by atoms with Crippen molar-refractivity contribution in [3.8, 4) is 0 Å². The van der Waals surface area contributed by atoms with Crippen LogP contribution in [0.2, 0.25) is 0 Å². The second-order valence-electron chi connectivity index (χ2n) is 3.22. The lowest BCUT2D eigenvalue weighted by Crippen LogP contribution is -2.08. The summed E-state index contributed by atoms with van der Waals surface area (Å²) in [7, 11) is 1.58. The zero-order chi connectivity index (χ0) is 12.3. The smallest absolute Gasteiger partial charge is 0.312 e. The first kappa shape index (κ1) is 11.9. The summed E-state index contributed by atoms with van der Waals surface area (Å²) in [5, 5.41) is 12.8. The molecular weight excluding hydrogens is 244 g/mol. The molecule has 17 heavy (non-hydrogen) atoms. The van der Waals surface area contributed by atoms with Gasteiger partial charge in [0.1, 0.15) is 11.6 Å². The van der Waals surface area contributed by atoms with Crippen LogP contribution in [0, 0.1) is 0 Å². The monoisotopic (exact) mass is 256 g/mol. The van der Waals surface area contributed by atoms with E-state index in [4.69, 9.17) is 9.47 Å².